The van der Waals surface area contributed by atoms with Gasteiger partial charge in [-0.05, 0) is 24.3 Å². The normalized spacial score (nSPS) is 9.27. The third kappa shape index (κ3) is 1.75. The van der Waals surface area contributed by atoms with Crippen LogP contribution in [0.1, 0.15) is 10.4 Å². The summed E-state index contributed by atoms with van der Waals surface area (Å²) in [5, 5.41) is 0. The minimum Gasteiger partial charge on any atom is -0.290 e. The number of nitrogens with one attached hydrogen (secondary N) is 1. The summed E-state index contributed by atoms with van der Waals surface area (Å²) < 4.78 is 12.3. The van der Waals surface area contributed by atoms with Gasteiger partial charge in [0.1, 0.15) is 5.82 Å². The average Bonchev–Trinajstić information content (AvgIpc) is 2.05. The second-order valence-electron chi connectivity index (χ2n) is 1.98. The molecule has 0 heterocycles. The lowest BCUT2D eigenvalue weighted by molar-refractivity contribution is 0.0953. The van der Waals surface area contributed by atoms with Crippen LogP contribution in [-0.2, 0) is 0 Å². The van der Waals surface area contributed by atoms with Crippen molar-refractivity contribution in [3.8, 4) is 0 Å². The van der Waals surface area contributed by atoms with E-state index in [4.69, 9.17) is 5.84 Å². The van der Waals surface area contributed by atoms with Crippen LogP contribution in [0.3, 0.4) is 0 Å². The number of hydrogen-bond acceptors (Lipinski definition) is 2. The number of benzene rings is 1. The van der Waals surface area contributed by atoms with E-state index < -0.39 is 5.91 Å². The molecule has 0 fully saturated rings. The Morgan fingerprint density at radius 2 is 1.91 bits per heavy atom. The fraction of sp³-hybridized carbons (Fsp3) is 0. The van der Waals surface area contributed by atoms with Crippen LogP contribution in [0.25, 0.3) is 0 Å². The molecule has 1 amide bonds. The number of nitrogens with two attached hydrogens (primary N) is 1. The van der Waals surface area contributed by atoms with Crippen LogP contribution in [-0.4, -0.2) is 5.91 Å². The maximum atomic E-state index is 12.3. The van der Waals surface area contributed by atoms with Crippen molar-refractivity contribution in [2.24, 2.45) is 5.84 Å². The van der Waals surface area contributed by atoms with Gasteiger partial charge in [0.15, 0.2) is 0 Å². The van der Waals surface area contributed by atoms with Crippen molar-refractivity contribution in [1.82, 2.24) is 5.43 Å². The molecule has 0 unspecified atom stereocenters. The molecule has 3 nitrogen and oxygen atoms in total. The highest BCUT2D eigenvalue weighted by molar-refractivity contribution is 5.93. The summed E-state index contributed by atoms with van der Waals surface area (Å²) in [6.07, 6.45) is 0. The zero-order chi connectivity index (χ0) is 8.27. The number of halogens is 1. The Morgan fingerprint density at radius 1 is 1.36 bits per heavy atom. The molecule has 0 atom stereocenters. The molecule has 4 heteroatoms. The van der Waals surface area contributed by atoms with Crippen LogP contribution in [0.4, 0.5) is 4.39 Å². The minimum absolute atomic E-state index is 0.342. The lowest BCUT2D eigenvalue weighted by Gasteiger charge is -1.97. The predicted octanol–water partition coefficient (Wildman–Crippen LogP) is 0.429. The van der Waals surface area contributed by atoms with E-state index in [1.165, 1.54) is 24.3 Å². The van der Waals surface area contributed by atoms with E-state index in [0.29, 0.717) is 5.56 Å². The van der Waals surface area contributed by atoms with Crippen LogP contribution in [0.2, 0.25) is 0 Å². The summed E-state index contributed by atoms with van der Waals surface area (Å²) in [5.41, 5.74) is 2.28. The first-order valence-corrected chi connectivity index (χ1v) is 3.00. The quantitative estimate of drug-likeness (QED) is 0.349. The van der Waals surface area contributed by atoms with E-state index in [9.17, 15) is 9.18 Å². The Hall–Kier alpha value is -1.42. The standard InChI is InChI=1S/C7H7FN2O/c8-6-3-1-5(2-4-6)7(11)10-9/h1-4H,9H2,(H,10,11)/i8-1. The number of rotatable bonds is 1. The molecule has 0 bridgehead atoms. The summed E-state index contributed by atoms with van der Waals surface area (Å²) in [5.74, 6) is 4.05. The minimum atomic E-state index is -0.426. The summed E-state index contributed by atoms with van der Waals surface area (Å²) >= 11 is 0. The van der Waals surface area contributed by atoms with E-state index in [1.54, 1.807) is 0 Å². The highest BCUT2D eigenvalue weighted by Crippen LogP contribution is 2.01. The molecular formula is C7H7FN2O. The zero-order valence-electron chi connectivity index (χ0n) is 5.67. The molecule has 1 aromatic carbocycles. The van der Waals surface area contributed by atoms with E-state index >= 15 is 0 Å². The van der Waals surface area contributed by atoms with Crippen molar-refractivity contribution in [3.63, 3.8) is 0 Å². The lowest BCUT2D eigenvalue weighted by atomic mass is 10.2. The first-order chi connectivity index (χ1) is 5.24. The first-order valence-electron chi connectivity index (χ1n) is 3.00. The molecule has 0 aliphatic heterocycles. The van der Waals surface area contributed by atoms with Gasteiger partial charge in [0.05, 0.1) is 0 Å². The van der Waals surface area contributed by atoms with Crippen molar-refractivity contribution in [2.75, 3.05) is 0 Å². The molecule has 3 N–H and O–H groups in total. The van der Waals surface area contributed by atoms with Gasteiger partial charge in [-0.15, -0.1) is 0 Å². The molecule has 0 saturated carbocycles. The first kappa shape index (κ1) is 7.68. The van der Waals surface area contributed by atoms with Gasteiger partial charge in [0.2, 0.25) is 0 Å². The van der Waals surface area contributed by atoms with Crippen molar-refractivity contribution in [2.45, 2.75) is 0 Å². The maximum Gasteiger partial charge on any atom is 0.265 e. The molecular weight excluding hydrogens is 146 g/mol. The van der Waals surface area contributed by atoms with Gasteiger partial charge >= 0.3 is 0 Å². The number of amides is 1. The molecule has 11 heavy (non-hydrogen) atoms. The van der Waals surface area contributed by atoms with Crippen molar-refractivity contribution in [3.05, 3.63) is 35.6 Å². The van der Waals surface area contributed by atoms with Gasteiger partial charge in [0, 0.05) is 5.56 Å². The van der Waals surface area contributed by atoms with E-state index in [-0.39, 0.29) is 5.82 Å². The van der Waals surface area contributed by atoms with Crippen molar-refractivity contribution in [1.29, 1.82) is 0 Å². The third-order valence-electron chi connectivity index (χ3n) is 1.24. The smallest absolute Gasteiger partial charge is 0.265 e. The molecule has 1 aromatic rings. The fourth-order valence-electron chi connectivity index (χ4n) is 0.685. The van der Waals surface area contributed by atoms with Gasteiger partial charge in [-0.1, -0.05) is 0 Å². The maximum absolute atomic E-state index is 12.3. The molecule has 0 aliphatic rings. The van der Waals surface area contributed by atoms with Crippen molar-refractivity contribution >= 4 is 5.91 Å². The van der Waals surface area contributed by atoms with Crippen LogP contribution < -0.4 is 11.3 Å². The zero-order valence-corrected chi connectivity index (χ0v) is 5.67. The Bertz CT molecular complexity index is 258. The van der Waals surface area contributed by atoms with Crippen LogP contribution >= 0.6 is 0 Å². The molecule has 58 valence electrons. The van der Waals surface area contributed by atoms with E-state index in [1.807, 2.05) is 5.43 Å². The predicted molar refractivity (Wildman–Crippen MR) is 38.1 cm³/mol. The highest BCUT2D eigenvalue weighted by Gasteiger charge is 2.01. The van der Waals surface area contributed by atoms with Crippen LogP contribution in [0.15, 0.2) is 24.3 Å². The monoisotopic (exact) mass is 153 g/mol. The third-order valence-corrected chi connectivity index (χ3v) is 1.24. The van der Waals surface area contributed by atoms with Gasteiger partial charge in [-0.3, -0.25) is 10.2 Å². The Balaban J connectivity index is 2.90. The van der Waals surface area contributed by atoms with Crippen LogP contribution in [0.5, 0.6) is 0 Å². The van der Waals surface area contributed by atoms with Gasteiger partial charge in [-0.2, -0.15) is 0 Å². The number of carbonyl (C=O) groups is 1. The molecule has 0 aromatic heterocycles. The summed E-state index contributed by atoms with van der Waals surface area (Å²) in [4.78, 5) is 10.8. The number of hydrogen-bond donors (Lipinski definition) is 2. The molecule has 0 aliphatic carbocycles. The van der Waals surface area contributed by atoms with E-state index in [2.05, 4.69) is 0 Å². The number of nitrogen functional groups attached to an aromatic ring is 1. The summed E-state index contributed by atoms with van der Waals surface area (Å²) in [6.45, 7) is 0. The van der Waals surface area contributed by atoms with Gasteiger partial charge in [-0.25, -0.2) is 10.2 Å². The lowest BCUT2D eigenvalue weighted by Crippen LogP contribution is -2.29. The number of hydrazine groups is 1. The van der Waals surface area contributed by atoms with Crippen LogP contribution in [0, 0.1) is 5.82 Å². The Morgan fingerprint density at radius 3 is 2.36 bits per heavy atom. The van der Waals surface area contributed by atoms with E-state index in [0.717, 1.165) is 0 Å². The second kappa shape index (κ2) is 3.12. The topological polar surface area (TPSA) is 55.1 Å². The molecule has 0 spiro atoms. The van der Waals surface area contributed by atoms with Gasteiger partial charge in [0.25, 0.3) is 5.91 Å². The SMILES string of the molecule is NNC(=O)c1ccc([18F])cc1. The molecule has 1 rings (SSSR count). The summed E-state index contributed by atoms with van der Waals surface area (Å²) in [6, 6.07) is 5.12. The highest BCUT2D eigenvalue weighted by atomic mass is 18.2. The Labute approximate surface area is 63.0 Å². The Kier molecular flexibility index (Phi) is 2.18. The largest absolute Gasteiger partial charge is 0.290 e. The molecule has 0 saturated heterocycles. The van der Waals surface area contributed by atoms with Gasteiger partial charge < -0.3 is 0 Å². The fourth-order valence-corrected chi connectivity index (χ4v) is 0.685. The summed E-state index contributed by atoms with van der Waals surface area (Å²) in [7, 11) is 0. The molecule has 0 radical (unpaired) electrons. The second-order valence-corrected chi connectivity index (χ2v) is 1.98. The van der Waals surface area contributed by atoms with Crippen molar-refractivity contribution < 1.29 is 9.18 Å². The average molecular weight is 153 g/mol. The number of carbonyl (C=O) groups excluding carboxylic acids is 1.